The number of aryl methyl sites for hydroxylation is 1. The highest BCUT2D eigenvalue weighted by Crippen LogP contribution is 2.34. The zero-order valence-electron chi connectivity index (χ0n) is 26.9. The molecule has 0 saturated heterocycles. The fourth-order valence-electron chi connectivity index (χ4n) is 4.80. The number of hydrogen-bond donors (Lipinski definition) is 1. The number of nitrogens with zero attached hydrogens (tertiary/aromatic N) is 8. The topological polar surface area (TPSA) is 149 Å². The van der Waals surface area contributed by atoms with Gasteiger partial charge in [0.1, 0.15) is 0 Å². The summed E-state index contributed by atoms with van der Waals surface area (Å²) in [6.45, 7) is 1.95. The maximum Gasteiger partial charge on any atom is 0.229 e. The van der Waals surface area contributed by atoms with Crippen LogP contribution in [0.5, 0.6) is 11.5 Å². The molecule has 0 saturated carbocycles. The van der Waals surface area contributed by atoms with Crippen LogP contribution in [0.2, 0.25) is 15.3 Å². The molecule has 0 unspecified atom stereocenters. The summed E-state index contributed by atoms with van der Waals surface area (Å²) in [5, 5.41) is 13.9. The standard InChI is InChI=1S/C22H20ClN5O2.C13H8Cl2N4.H2O/c1-14-12-17(13-19(29-2)21(14)30-3)25-22-24-10-8-20(26-22)28-11-9-18(27-28)15-4-6-16(23)7-5-15;14-10-3-1-9(2-4-10)11-6-8-19(18-11)12-5-7-16-13(15)17-12;/h4-13H,1-3H3,(H,24,25,26);1-8H;1H2. The van der Waals surface area contributed by atoms with Crippen LogP contribution in [0, 0.1) is 6.92 Å². The van der Waals surface area contributed by atoms with Crippen LogP contribution in [-0.4, -0.2) is 59.2 Å². The molecule has 3 N–H and O–H groups in total. The highest BCUT2D eigenvalue weighted by Gasteiger charge is 2.12. The lowest BCUT2D eigenvalue weighted by Gasteiger charge is -2.13. The SMILES string of the molecule is COc1cc(Nc2nccc(-n3ccc(-c4ccc(Cl)cc4)n3)n2)cc(C)c1OC.Clc1ccc(-c2ccn(-c3ccnc(Cl)n3)n2)cc1.O. The van der Waals surface area contributed by atoms with Crippen molar-refractivity contribution in [3.8, 4) is 45.6 Å². The summed E-state index contributed by atoms with van der Waals surface area (Å²) in [5.74, 6) is 3.05. The van der Waals surface area contributed by atoms with E-state index in [9.17, 15) is 0 Å². The summed E-state index contributed by atoms with van der Waals surface area (Å²) in [5.41, 5.74) is 5.37. The van der Waals surface area contributed by atoms with Gasteiger partial charge in [0.05, 0.1) is 25.6 Å². The Morgan fingerprint density at radius 1 is 0.640 bits per heavy atom. The first-order chi connectivity index (χ1) is 23.8. The number of methoxy groups -OCH3 is 2. The second kappa shape index (κ2) is 16.2. The molecular weight excluding hydrogens is 701 g/mol. The maximum atomic E-state index is 5.97. The second-order valence-corrected chi connectivity index (χ2v) is 11.6. The van der Waals surface area contributed by atoms with Crippen LogP contribution in [0.15, 0.2) is 110 Å². The Morgan fingerprint density at radius 3 is 1.70 bits per heavy atom. The summed E-state index contributed by atoms with van der Waals surface area (Å²) >= 11 is 17.6. The van der Waals surface area contributed by atoms with Gasteiger partial charge in [0, 0.05) is 69.8 Å². The first kappa shape index (κ1) is 35.8. The highest BCUT2D eigenvalue weighted by molar-refractivity contribution is 6.31. The minimum Gasteiger partial charge on any atom is -0.493 e. The summed E-state index contributed by atoms with van der Waals surface area (Å²) in [4.78, 5) is 16.8. The number of anilines is 2. The Labute approximate surface area is 302 Å². The molecule has 15 heteroatoms. The minimum atomic E-state index is 0. The molecule has 0 bridgehead atoms. The first-order valence-corrected chi connectivity index (χ1v) is 15.9. The number of hydrogen-bond acceptors (Lipinski definition) is 9. The molecular formula is C35H30Cl3N9O3. The number of rotatable bonds is 8. The lowest BCUT2D eigenvalue weighted by atomic mass is 10.2. The number of halogens is 3. The van der Waals surface area contributed by atoms with Gasteiger partial charge in [-0.2, -0.15) is 20.2 Å². The van der Waals surface area contributed by atoms with E-state index in [0.717, 1.165) is 33.8 Å². The molecule has 0 aliphatic rings. The van der Waals surface area contributed by atoms with E-state index < -0.39 is 0 Å². The van der Waals surface area contributed by atoms with Crippen molar-refractivity contribution in [3.05, 3.63) is 131 Å². The fourth-order valence-corrected chi connectivity index (χ4v) is 5.19. The second-order valence-electron chi connectivity index (χ2n) is 10.4. The first-order valence-electron chi connectivity index (χ1n) is 14.7. The van der Waals surface area contributed by atoms with Gasteiger partial charge < -0.3 is 20.3 Å². The lowest BCUT2D eigenvalue weighted by molar-refractivity contribution is 0.353. The molecule has 3 aromatic carbocycles. The molecule has 0 fully saturated rings. The summed E-state index contributed by atoms with van der Waals surface area (Å²) in [7, 11) is 3.22. The van der Waals surface area contributed by atoms with Gasteiger partial charge in [-0.25, -0.2) is 19.3 Å². The van der Waals surface area contributed by atoms with Gasteiger partial charge in [-0.05, 0) is 66.6 Å². The van der Waals surface area contributed by atoms with Crippen molar-refractivity contribution in [1.29, 1.82) is 0 Å². The Morgan fingerprint density at radius 2 is 1.18 bits per heavy atom. The molecule has 0 amide bonds. The van der Waals surface area contributed by atoms with Gasteiger partial charge in [-0.3, -0.25) is 0 Å². The van der Waals surface area contributed by atoms with Crippen molar-refractivity contribution < 1.29 is 14.9 Å². The average molecular weight is 731 g/mol. The van der Waals surface area contributed by atoms with E-state index >= 15 is 0 Å². The largest absolute Gasteiger partial charge is 0.493 e. The number of aromatic nitrogens is 8. The van der Waals surface area contributed by atoms with E-state index in [1.807, 2.05) is 92.1 Å². The third-order valence-corrected chi connectivity index (χ3v) is 7.79. The predicted octanol–water partition coefficient (Wildman–Crippen LogP) is 7.86. The van der Waals surface area contributed by atoms with Crippen LogP contribution in [0.1, 0.15) is 5.56 Å². The molecule has 4 heterocycles. The van der Waals surface area contributed by atoms with Gasteiger partial charge in [0.2, 0.25) is 11.2 Å². The Balaban J connectivity index is 0.000000209. The number of nitrogens with one attached hydrogen (secondary N) is 1. The van der Waals surface area contributed by atoms with Crippen LogP contribution < -0.4 is 14.8 Å². The number of ether oxygens (including phenoxy) is 2. The summed E-state index contributed by atoms with van der Waals surface area (Å²) < 4.78 is 14.2. The van der Waals surface area contributed by atoms with Gasteiger partial charge >= 0.3 is 0 Å². The van der Waals surface area contributed by atoms with Crippen molar-refractivity contribution in [2.45, 2.75) is 6.92 Å². The molecule has 7 aromatic rings. The molecule has 0 spiro atoms. The van der Waals surface area contributed by atoms with Crippen molar-refractivity contribution in [3.63, 3.8) is 0 Å². The minimum absolute atomic E-state index is 0. The molecule has 50 heavy (non-hydrogen) atoms. The van der Waals surface area contributed by atoms with E-state index in [1.165, 1.54) is 0 Å². The maximum absolute atomic E-state index is 5.97. The third-order valence-electron chi connectivity index (χ3n) is 7.10. The molecule has 0 radical (unpaired) electrons. The van der Waals surface area contributed by atoms with Crippen LogP contribution >= 0.6 is 34.8 Å². The highest BCUT2D eigenvalue weighted by atomic mass is 35.5. The molecule has 0 aliphatic carbocycles. The van der Waals surface area contributed by atoms with Gasteiger partial charge in [-0.15, -0.1) is 0 Å². The third kappa shape index (κ3) is 8.54. The van der Waals surface area contributed by atoms with Gasteiger partial charge in [0.15, 0.2) is 23.1 Å². The van der Waals surface area contributed by atoms with E-state index in [-0.39, 0.29) is 10.8 Å². The van der Waals surface area contributed by atoms with Gasteiger partial charge in [0.25, 0.3) is 0 Å². The van der Waals surface area contributed by atoms with Gasteiger partial charge in [-0.1, -0.05) is 47.5 Å². The van der Waals surface area contributed by atoms with E-state index in [2.05, 4.69) is 35.5 Å². The molecule has 0 aliphatic heterocycles. The van der Waals surface area contributed by atoms with Crippen molar-refractivity contribution in [2.24, 2.45) is 0 Å². The Bertz CT molecular complexity index is 2190. The molecule has 7 rings (SSSR count). The fraction of sp³-hybridized carbons (Fsp3) is 0.0857. The van der Waals surface area contributed by atoms with Crippen molar-refractivity contribution >= 4 is 46.4 Å². The normalized spacial score (nSPS) is 10.4. The molecule has 0 atom stereocenters. The Kier molecular flexibility index (Phi) is 11.6. The zero-order chi connectivity index (χ0) is 34.3. The average Bonchev–Trinajstić information content (AvgIpc) is 3.81. The van der Waals surface area contributed by atoms with Crippen LogP contribution in [0.3, 0.4) is 0 Å². The van der Waals surface area contributed by atoms with E-state index in [4.69, 9.17) is 44.3 Å². The zero-order valence-corrected chi connectivity index (χ0v) is 29.2. The smallest absolute Gasteiger partial charge is 0.229 e. The van der Waals surface area contributed by atoms with E-state index in [0.29, 0.717) is 39.1 Å². The molecule has 12 nitrogen and oxygen atoms in total. The predicted molar refractivity (Wildman–Crippen MR) is 195 cm³/mol. The summed E-state index contributed by atoms with van der Waals surface area (Å²) in [6.07, 6.45) is 6.95. The Hall–Kier alpha value is -5.53. The van der Waals surface area contributed by atoms with Crippen LogP contribution in [0.25, 0.3) is 34.2 Å². The van der Waals surface area contributed by atoms with Crippen molar-refractivity contribution in [1.82, 2.24) is 39.5 Å². The van der Waals surface area contributed by atoms with Crippen LogP contribution in [-0.2, 0) is 0 Å². The monoisotopic (exact) mass is 729 g/mol. The molecule has 4 aromatic heterocycles. The van der Waals surface area contributed by atoms with Crippen molar-refractivity contribution in [2.75, 3.05) is 19.5 Å². The van der Waals surface area contributed by atoms with Crippen LogP contribution in [0.4, 0.5) is 11.6 Å². The summed E-state index contributed by atoms with van der Waals surface area (Å²) in [6, 6.07) is 26.2. The number of benzene rings is 3. The van der Waals surface area contributed by atoms with E-state index in [1.54, 1.807) is 48.1 Å². The molecule has 254 valence electrons. The lowest BCUT2D eigenvalue weighted by Crippen LogP contribution is -2.04. The quantitative estimate of drug-likeness (QED) is 0.154.